The lowest BCUT2D eigenvalue weighted by atomic mass is 9.78. The number of nitrogens with two attached hydrogens (primary N) is 1. The van der Waals surface area contributed by atoms with Crippen molar-refractivity contribution < 1.29 is 4.79 Å². The van der Waals surface area contributed by atoms with Crippen molar-refractivity contribution in [3.8, 4) is 0 Å². The Morgan fingerprint density at radius 2 is 1.90 bits per heavy atom. The van der Waals surface area contributed by atoms with E-state index in [0.717, 1.165) is 50.0 Å². The van der Waals surface area contributed by atoms with Crippen LogP contribution in [0, 0.1) is 23.2 Å². The molecule has 0 spiro atoms. The van der Waals surface area contributed by atoms with Crippen LogP contribution in [0.25, 0.3) is 0 Å². The summed E-state index contributed by atoms with van der Waals surface area (Å²) < 4.78 is 0. The van der Waals surface area contributed by atoms with E-state index in [1.807, 2.05) is 0 Å². The third-order valence-electron chi connectivity index (χ3n) is 5.74. The largest absolute Gasteiger partial charge is 0.355 e. The Bertz CT molecular complexity index is 323. The van der Waals surface area contributed by atoms with E-state index in [0.29, 0.717) is 6.54 Å². The standard InChI is InChI=1S/C17H32N2O/c1-3-7-17(12-18,8-4-2)16(20)19-11-15-10-13-5-6-14(15)9-13/h13-15H,3-12,18H2,1-2H3,(H,19,20). The molecule has 2 rings (SSSR count). The minimum absolute atomic E-state index is 0.214. The van der Waals surface area contributed by atoms with Gasteiger partial charge in [-0.2, -0.15) is 0 Å². The zero-order chi connectivity index (χ0) is 14.6. The fraction of sp³-hybridized carbons (Fsp3) is 0.941. The molecule has 2 aliphatic rings. The van der Waals surface area contributed by atoms with Gasteiger partial charge in [-0.1, -0.05) is 33.1 Å². The Morgan fingerprint density at radius 1 is 1.20 bits per heavy atom. The lowest BCUT2D eigenvalue weighted by molar-refractivity contribution is -0.131. The Hall–Kier alpha value is -0.570. The van der Waals surface area contributed by atoms with Crippen molar-refractivity contribution in [1.29, 1.82) is 0 Å². The predicted molar refractivity (Wildman–Crippen MR) is 83.3 cm³/mol. The van der Waals surface area contributed by atoms with Gasteiger partial charge in [0.1, 0.15) is 0 Å². The van der Waals surface area contributed by atoms with E-state index in [9.17, 15) is 4.79 Å². The molecule has 3 unspecified atom stereocenters. The van der Waals surface area contributed by atoms with E-state index in [2.05, 4.69) is 19.2 Å². The second-order valence-corrected chi connectivity index (χ2v) is 7.13. The number of amides is 1. The van der Waals surface area contributed by atoms with Gasteiger partial charge in [0.2, 0.25) is 5.91 Å². The smallest absolute Gasteiger partial charge is 0.227 e. The van der Waals surface area contributed by atoms with Gasteiger partial charge < -0.3 is 11.1 Å². The first-order valence-corrected chi connectivity index (χ1v) is 8.63. The summed E-state index contributed by atoms with van der Waals surface area (Å²) in [7, 11) is 0. The lowest BCUT2D eigenvalue weighted by Crippen LogP contribution is -2.47. The molecule has 2 aliphatic carbocycles. The van der Waals surface area contributed by atoms with Gasteiger partial charge in [-0.05, 0) is 49.9 Å². The highest BCUT2D eigenvalue weighted by Gasteiger charge is 2.40. The van der Waals surface area contributed by atoms with Crippen LogP contribution in [-0.2, 0) is 4.79 Å². The monoisotopic (exact) mass is 280 g/mol. The molecule has 3 nitrogen and oxygen atoms in total. The highest BCUT2D eigenvalue weighted by atomic mass is 16.2. The van der Waals surface area contributed by atoms with E-state index in [1.165, 1.54) is 25.7 Å². The third-order valence-corrected chi connectivity index (χ3v) is 5.74. The van der Waals surface area contributed by atoms with Gasteiger partial charge in [-0.25, -0.2) is 0 Å². The van der Waals surface area contributed by atoms with Gasteiger partial charge in [-0.3, -0.25) is 4.79 Å². The highest BCUT2D eigenvalue weighted by molar-refractivity contribution is 5.82. The molecule has 0 aromatic rings. The molecule has 0 aromatic carbocycles. The average Bonchev–Trinajstić information content (AvgIpc) is 3.06. The van der Waals surface area contributed by atoms with Crippen LogP contribution in [-0.4, -0.2) is 19.0 Å². The highest BCUT2D eigenvalue weighted by Crippen LogP contribution is 2.48. The summed E-state index contributed by atoms with van der Waals surface area (Å²) in [6.45, 7) is 5.65. The van der Waals surface area contributed by atoms with Crippen LogP contribution in [0.5, 0.6) is 0 Å². The van der Waals surface area contributed by atoms with Crippen LogP contribution >= 0.6 is 0 Å². The number of fused-ring (bicyclic) bond motifs is 2. The first-order valence-electron chi connectivity index (χ1n) is 8.63. The van der Waals surface area contributed by atoms with Crippen LogP contribution < -0.4 is 11.1 Å². The molecule has 3 heteroatoms. The van der Waals surface area contributed by atoms with Gasteiger partial charge in [0, 0.05) is 13.1 Å². The summed E-state index contributed by atoms with van der Waals surface area (Å²) in [5.74, 6) is 2.78. The molecular weight excluding hydrogens is 248 g/mol. The second kappa shape index (κ2) is 6.93. The molecule has 2 bridgehead atoms. The summed E-state index contributed by atoms with van der Waals surface area (Å²) >= 11 is 0. The Kier molecular flexibility index (Phi) is 5.48. The first-order chi connectivity index (χ1) is 9.65. The SMILES string of the molecule is CCCC(CN)(CCC)C(=O)NCC1CC2CCC1C2. The molecule has 0 aromatic heterocycles. The normalized spacial score (nSPS) is 28.9. The van der Waals surface area contributed by atoms with Crippen molar-refractivity contribution in [2.24, 2.45) is 28.9 Å². The minimum atomic E-state index is -0.318. The van der Waals surface area contributed by atoms with Crippen molar-refractivity contribution in [3.05, 3.63) is 0 Å². The zero-order valence-corrected chi connectivity index (χ0v) is 13.3. The molecule has 3 atom stereocenters. The van der Waals surface area contributed by atoms with E-state index in [1.54, 1.807) is 0 Å². The predicted octanol–water partition coefficient (Wildman–Crippen LogP) is 3.08. The summed E-state index contributed by atoms with van der Waals surface area (Å²) in [6, 6.07) is 0. The average molecular weight is 280 g/mol. The van der Waals surface area contributed by atoms with E-state index in [4.69, 9.17) is 5.73 Å². The number of rotatable bonds is 8. The maximum absolute atomic E-state index is 12.6. The van der Waals surface area contributed by atoms with Gasteiger partial charge in [0.15, 0.2) is 0 Å². The topological polar surface area (TPSA) is 55.1 Å². The fourth-order valence-electron chi connectivity index (χ4n) is 4.64. The molecule has 1 amide bonds. The lowest BCUT2D eigenvalue weighted by Gasteiger charge is -2.32. The molecule has 116 valence electrons. The summed E-state index contributed by atoms with van der Waals surface area (Å²) in [6.07, 6.45) is 9.44. The Morgan fingerprint density at radius 3 is 2.35 bits per heavy atom. The van der Waals surface area contributed by atoms with Crippen molar-refractivity contribution in [3.63, 3.8) is 0 Å². The van der Waals surface area contributed by atoms with Crippen molar-refractivity contribution in [2.45, 2.75) is 65.2 Å². The summed E-state index contributed by atoms with van der Waals surface area (Å²) in [4.78, 5) is 12.6. The molecule has 2 saturated carbocycles. The van der Waals surface area contributed by atoms with Gasteiger partial charge in [0.05, 0.1) is 5.41 Å². The molecule has 0 radical (unpaired) electrons. The summed E-state index contributed by atoms with van der Waals surface area (Å²) in [5, 5.41) is 3.25. The second-order valence-electron chi connectivity index (χ2n) is 7.13. The molecule has 0 aliphatic heterocycles. The zero-order valence-electron chi connectivity index (χ0n) is 13.3. The number of hydrogen-bond acceptors (Lipinski definition) is 2. The van der Waals surface area contributed by atoms with E-state index < -0.39 is 0 Å². The molecule has 20 heavy (non-hydrogen) atoms. The first kappa shape index (κ1) is 15.8. The molecule has 0 heterocycles. The number of carbonyl (C=O) groups is 1. The van der Waals surface area contributed by atoms with Crippen molar-refractivity contribution >= 4 is 5.91 Å². The maximum atomic E-state index is 12.6. The fourth-order valence-corrected chi connectivity index (χ4v) is 4.64. The number of nitrogens with one attached hydrogen (secondary N) is 1. The Balaban J connectivity index is 1.87. The van der Waals surface area contributed by atoms with Crippen molar-refractivity contribution in [2.75, 3.05) is 13.1 Å². The number of carbonyl (C=O) groups excluding carboxylic acids is 1. The molecular formula is C17H32N2O. The third kappa shape index (κ3) is 3.19. The molecule has 0 saturated heterocycles. The van der Waals surface area contributed by atoms with Crippen LogP contribution in [0.2, 0.25) is 0 Å². The van der Waals surface area contributed by atoms with Gasteiger partial charge in [0.25, 0.3) is 0 Å². The molecule has 3 N–H and O–H groups in total. The summed E-state index contributed by atoms with van der Waals surface area (Å²) in [5.41, 5.74) is 5.65. The van der Waals surface area contributed by atoms with E-state index in [-0.39, 0.29) is 11.3 Å². The Labute approximate surface area is 124 Å². The quantitative estimate of drug-likeness (QED) is 0.718. The minimum Gasteiger partial charge on any atom is -0.355 e. The number of hydrogen-bond donors (Lipinski definition) is 2. The maximum Gasteiger partial charge on any atom is 0.227 e. The molecule has 2 fully saturated rings. The van der Waals surface area contributed by atoms with Crippen LogP contribution in [0.15, 0.2) is 0 Å². The van der Waals surface area contributed by atoms with Crippen LogP contribution in [0.3, 0.4) is 0 Å². The van der Waals surface area contributed by atoms with Crippen LogP contribution in [0.4, 0.5) is 0 Å². The van der Waals surface area contributed by atoms with Gasteiger partial charge in [-0.15, -0.1) is 0 Å². The van der Waals surface area contributed by atoms with Crippen LogP contribution in [0.1, 0.15) is 65.2 Å². The van der Waals surface area contributed by atoms with Crippen molar-refractivity contribution in [1.82, 2.24) is 5.32 Å². The van der Waals surface area contributed by atoms with E-state index >= 15 is 0 Å². The van der Waals surface area contributed by atoms with Gasteiger partial charge >= 0.3 is 0 Å².